The fraction of sp³-hybridized carbons (Fsp3) is 0.273. The summed E-state index contributed by atoms with van der Waals surface area (Å²) in [6.45, 7) is 1.55. The Labute approximate surface area is 104 Å². The molecule has 0 spiro atoms. The number of hydrogen-bond donors (Lipinski definition) is 2. The van der Waals surface area contributed by atoms with Crippen molar-refractivity contribution in [1.29, 1.82) is 0 Å². The van der Waals surface area contributed by atoms with Crippen molar-refractivity contribution in [2.24, 2.45) is 5.73 Å². The van der Waals surface area contributed by atoms with Gasteiger partial charge < -0.3 is 15.8 Å². The van der Waals surface area contributed by atoms with Gasteiger partial charge in [0.25, 0.3) is 0 Å². The molecular formula is C11H13ClN2O3. The maximum atomic E-state index is 11.4. The molecule has 1 aromatic rings. The molecule has 1 amide bonds. The lowest BCUT2D eigenvalue weighted by atomic mass is 10.2. The first-order valence-electron chi connectivity index (χ1n) is 4.90. The number of anilines is 1. The Balaban J connectivity index is 2.99. The number of esters is 1. The summed E-state index contributed by atoms with van der Waals surface area (Å²) >= 11 is 5.89. The quantitative estimate of drug-likeness (QED) is 0.802. The number of benzene rings is 1. The first kappa shape index (κ1) is 13.5. The third-order valence-corrected chi connectivity index (χ3v) is 2.39. The zero-order valence-corrected chi connectivity index (χ0v) is 10.2. The van der Waals surface area contributed by atoms with Crippen LogP contribution < -0.4 is 11.1 Å². The topological polar surface area (TPSA) is 81.4 Å². The van der Waals surface area contributed by atoms with Gasteiger partial charge in [-0.05, 0) is 25.1 Å². The Kier molecular flexibility index (Phi) is 4.48. The molecule has 1 aromatic carbocycles. The zero-order chi connectivity index (χ0) is 13.0. The molecule has 0 aliphatic heterocycles. The molecule has 0 aliphatic rings. The molecule has 0 radical (unpaired) electrons. The maximum absolute atomic E-state index is 11.4. The number of halogens is 1. The van der Waals surface area contributed by atoms with Crippen LogP contribution in [0.3, 0.4) is 0 Å². The fourth-order valence-corrected chi connectivity index (χ4v) is 1.28. The standard InChI is InChI=1S/C11H13ClN2O3/c1-6(13)10(15)14-9-5-7(11(16)17-2)3-4-8(9)12/h3-6H,13H2,1-2H3,(H,14,15). The van der Waals surface area contributed by atoms with Crippen LogP contribution in [0.1, 0.15) is 17.3 Å². The van der Waals surface area contributed by atoms with E-state index in [1.165, 1.54) is 25.3 Å². The number of hydrogen-bond acceptors (Lipinski definition) is 4. The normalized spacial score (nSPS) is 11.8. The number of carbonyl (C=O) groups is 2. The number of carbonyl (C=O) groups excluding carboxylic acids is 2. The van der Waals surface area contributed by atoms with Gasteiger partial charge in [0.1, 0.15) is 0 Å². The molecule has 5 nitrogen and oxygen atoms in total. The van der Waals surface area contributed by atoms with Crippen molar-refractivity contribution in [2.75, 3.05) is 12.4 Å². The predicted octanol–water partition coefficient (Wildman–Crippen LogP) is 1.41. The molecule has 0 saturated heterocycles. The Morgan fingerprint density at radius 3 is 2.65 bits per heavy atom. The highest BCUT2D eigenvalue weighted by Gasteiger charge is 2.13. The summed E-state index contributed by atoms with van der Waals surface area (Å²) < 4.78 is 4.56. The average molecular weight is 257 g/mol. The van der Waals surface area contributed by atoms with Crippen LogP contribution in [0.15, 0.2) is 18.2 Å². The van der Waals surface area contributed by atoms with Gasteiger partial charge in [-0.1, -0.05) is 11.6 Å². The van der Waals surface area contributed by atoms with Crippen molar-refractivity contribution in [3.05, 3.63) is 28.8 Å². The van der Waals surface area contributed by atoms with Gasteiger partial charge in [0.2, 0.25) is 5.91 Å². The van der Waals surface area contributed by atoms with Crippen LogP contribution in [-0.4, -0.2) is 25.0 Å². The van der Waals surface area contributed by atoms with Gasteiger partial charge in [-0.3, -0.25) is 4.79 Å². The summed E-state index contributed by atoms with van der Waals surface area (Å²) in [5.41, 5.74) is 6.04. The lowest BCUT2D eigenvalue weighted by molar-refractivity contribution is -0.117. The summed E-state index contributed by atoms with van der Waals surface area (Å²) in [5.74, 6) is -0.883. The summed E-state index contributed by atoms with van der Waals surface area (Å²) in [5, 5.41) is 2.85. The maximum Gasteiger partial charge on any atom is 0.337 e. The second-order valence-corrected chi connectivity index (χ2v) is 3.87. The van der Waals surface area contributed by atoms with Gasteiger partial charge in [-0.15, -0.1) is 0 Å². The van der Waals surface area contributed by atoms with Crippen LogP contribution in [0, 0.1) is 0 Å². The van der Waals surface area contributed by atoms with E-state index in [2.05, 4.69) is 10.1 Å². The van der Waals surface area contributed by atoms with Crippen LogP contribution in [0.2, 0.25) is 5.02 Å². The number of nitrogens with two attached hydrogens (primary N) is 1. The number of amides is 1. The number of methoxy groups -OCH3 is 1. The Hall–Kier alpha value is -1.59. The molecule has 0 aliphatic carbocycles. The Morgan fingerprint density at radius 2 is 2.12 bits per heavy atom. The van der Waals surface area contributed by atoms with E-state index in [9.17, 15) is 9.59 Å². The van der Waals surface area contributed by atoms with Gasteiger partial charge in [0.05, 0.1) is 29.4 Å². The molecule has 1 rings (SSSR count). The summed E-state index contributed by atoms with van der Waals surface area (Å²) in [6.07, 6.45) is 0. The molecule has 3 N–H and O–H groups in total. The minimum Gasteiger partial charge on any atom is -0.465 e. The van der Waals surface area contributed by atoms with E-state index in [1.807, 2.05) is 0 Å². The van der Waals surface area contributed by atoms with Gasteiger partial charge in [0, 0.05) is 0 Å². The monoisotopic (exact) mass is 256 g/mol. The van der Waals surface area contributed by atoms with Crippen LogP contribution in [-0.2, 0) is 9.53 Å². The molecular weight excluding hydrogens is 244 g/mol. The lowest BCUT2D eigenvalue weighted by Gasteiger charge is -2.10. The minimum atomic E-state index is -0.659. The highest BCUT2D eigenvalue weighted by atomic mass is 35.5. The van der Waals surface area contributed by atoms with Crippen molar-refractivity contribution in [1.82, 2.24) is 0 Å². The molecule has 0 fully saturated rings. The largest absolute Gasteiger partial charge is 0.465 e. The van der Waals surface area contributed by atoms with E-state index in [0.717, 1.165) is 0 Å². The van der Waals surface area contributed by atoms with Gasteiger partial charge >= 0.3 is 5.97 Å². The highest BCUT2D eigenvalue weighted by Crippen LogP contribution is 2.23. The smallest absolute Gasteiger partial charge is 0.337 e. The van der Waals surface area contributed by atoms with Crippen molar-refractivity contribution in [2.45, 2.75) is 13.0 Å². The Morgan fingerprint density at radius 1 is 1.47 bits per heavy atom. The van der Waals surface area contributed by atoms with E-state index in [4.69, 9.17) is 17.3 Å². The first-order chi connectivity index (χ1) is 7.95. The van der Waals surface area contributed by atoms with Crippen molar-refractivity contribution < 1.29 is 14.3 Å². The molecule has 0 bridgehead atoms. The van der Waals surface area contributed by atoms with Crippen LogP contribution in [0.25, 0.3) is 0 Å². The van der Waals surface area contributed by atoms with E-state index in [-0.39, 0.29) is 5.91 Å². The predicted molar refractivity (Wildman–Crippen MR) is 65.1 cm³/mol. The van der Waals surface area contributed by atoms with E-state index >= 15 is 0 Å². The second kappa shape index (κ2) is 5.65. The van der Waals surface area contributed by atoms with E-state index in [0.29, 0.717) is 16.3 Å². The first-order valence-corrected chi connectivity index (χ1v) is 5.27. The summed E-state index contributed by atoms with van der Waals surface area (Å²) in [4.78, 5) is 22.7. The van der Waals surface area contributed by atoms with E-state index in [1.54, 1.807) is 6.92 Å². The van der Waals surface area contributed by atoms with Gasteiger partial charge in [-0.2, -0.15) is 0 Å². The third-order valence-electron chi connectivity index (χ3n) is 2.06. The molecule has 17 heavy (non-hydrogen) atoms. The molecule has 0 aromatic heterocycles. The van der Waals surface area contributed by atoms with Crippen LogP contribution in [0.5, 0.6) is 0 Å². The molecule has 1 atom stereocenters. The SMILES string of the molecule is COC(=O)c1ccc(Cl)c(NC(=O)C(C)N)c1. The van der Waals surface area contributed by atoms with Crippen molar-refractivity contribution in [3.63, 3.8) is 0 Å². The van der Waals surface area contributed by atoms with Crippen molar-refractivity contribution >= 4 is 29.2 Å². The minimum absolute atomic E-state index is 0.303. The molecule has 92 valence electrons. The van der Waals surface area contributed by atoms with Crippen LogP contribution in [0.4, 0.5) is 5.69 Å². The second-order valence-electron chi connectivity index (χ2n) is 3.46. The van der Waals surface area contributed by atoms with Gasteiger partial charge in [0.15, 0.2) is 0 Å². The molecule has 1 unspecified atom stereocenters. The molecule has 6 heteroatoms. The van der Waals surface area contributed by atoms with Crippen LogP contribution >= 0.6 is 11.6 Å². The average Bonchev–Trinajstić information content (AvgIpc) is 2.30. The third kappa shape index (κ3) is 3.44. The van der Waals surface area contributed by atoms with E-state index < -0.39 is 12.0 Å². The zero-order valence-electron chi connectivity index (χ0n) is 9.49. The summed E-state index contributed by atoms with van der Waals surface area (Å²) in [6, 6.07) is 3.79. The molecule has 0 heterocycles. The van der Waals surface area contributed by atoms with Gasteiger partial charge in [-0.25, -0.2) is 4.79 Å². The number of rotatable bonds is 3. The molecule has 0 saturated carbocycles. The fourth-order valence-electron chi connectivity index (χ4n) is 1.11. The highest BCUT2D eigenvalue weighted by molar-refractivity contribution is 6.33. The number of nitrogens with one attached hydrogen (secondary N) is 1. The lowest BCUT2D eigenvalue weighted by Crippen LogP contribution is -2.32. The van der Waals surface area contributed by atoms with Crippen molar-refractivity contribution in [3.8, 4) is 0 Å². The summed E-state index contributed by atoms with van der Waals surface area (Å²) in [7, 11) is 1.27. The number of ether oxygens (including phenoxy) is 1. The Bertz CT molecular complexity index is 446.